The van der Waals surface area contributed by atoms with Crippen molar-refractivity contribution in [3.8, 4) is 17.2 Å². The first kappa shape index (κ1) is 31.2. The van der Waals surface area contributed by atoms with Crippen molar-refractivity contribution in [2.75, 3.05) is 55.7 Å². The summed E-state index contributed by atoms with van der Waals surface area (Å²) in [6, 6.07) is 7.71. The van der Waals surface area contributed by atoms with Crippen LogP contribution < -0.4 is 9.80 Å². The van der Waals surface area contributed by atoms with Crippen molar-refractivity contribution in [3.63, 3.8) is 0 Å². The molecular formula is C34H45N3O5. The Hall–Kier alpha value is -3.75. The first-order chi connectivity index (χ1) is 20.2. The minimum atomic E-state index is -0.305. The van der Waals surface area contributed by atoms with Crippen LogP contribution in [0.25, 0.3) is 0 Å². The van der Waals surface area contributed by atoms with Crippen LogP contribution in [0.4, 0.5) is 17.1 Å². The number of rotatable bonds is 11. The summed E-state index contributed by atoms with van der Waals surface area (Å²) >= 11 is 0. The highest BCUT2D eigenvalue weighted by atomic mass is 16.5. The van der Waals surface area contributed by atoms with Gasteiger partial charge in [-0.15, -0.1) is 0 Å². The van der Waals surface area contributed by atoms with Gasteiger partial charge in [-0.1, -0.05) is 41.0 Å². The van der Waals surface area contributed by atoms with E-state index in [2.05, 4.69) is 44.7 Å². The highest BCUT2D eigenvalue weighted by molar-refractivity contribution is 6.15. The van der Waals surface area contributed by atoms with Gasteiger partial charge in [0.25, 0.3) is 5.91 Å². The second kappa shape index (κ2) is 14.4. The van der Waals surface area contributed by atoms with E-state index in [1.165, 1.54) is 23.3 Å². The fourth-order valence-electron chi connectivity index (χ4n) is 5.48. The number of hydrogen-bond donors (Lipinski definition) is 3. The number of carbonyl (C=O) groups is 1. The topological polar surface area (TPSA) is 96.7 Å². The summed E-state index contributed by atoms with van der Waals surface area (Å²) in [6.07, 6.45) is 10.5. The number of amides is 1. The summed E-state index contributed by atoms with van der Waals surface area (Å²) in [5, 5.41) is 32.6. The average molecular weight is 576 g/mol. The first-order valence-electron chi connectivity index (χ1n) is 14.9. The Morgan fingerprint density at radius 2 is 1.52 bits per heavy atom. The van der Waals surface area contributed by atoms with Gasteiger partial charge < -0.3 is 29.9 Å². The highest BCUT2D eigenvalue weighted by Crippen LogP contribution is 2.50. The van der Waals surface area contributed by atoms with E-state index in [-0.39, 0.29) is 29.7 Å². The molecule has 0 aromatic heterocycles. The number of allylic oxidation sites excluding steroid dienone is 5. The fourth-order valence-corrected chi connectivity index (χ4v) is 5.48. The molecule has 0 bridgehead atoms. The zero-order chi connectivity index (χ0) is 30.2. The van der Waals surface area contributed by atoms with Crippen LogP contribution in [-0.4, -0.2) is 72.1 Å². The van der Waals surface area contributed by atoms with Crippen molar-refractivity contribution in [1.29, 1.82) is 0 Å². The maximum Gasteiger partial charge on any atom is 0.260 e. The van der Waals surface area contributed by atoms with E-state index in [9.17, 15) is 20.1 Å². The molecule has 1 saturated heterocycles. The molecule has 1 fully saturated rings. The van der Waals surface area contributed by atoms with Gasteiger partial charge in [-0.2, -0.15) is 0 Å². The number of aromatic hydroxyl groups is 3. The summed E-state index contributed by atoms with van der Waals surface area (Å²) in [5.41, 5.74) is 5.33. The third-order valence-electron chi connectivity index (χ3n) is 7.86. The van der Waals surface area contributed by atoms with Crippen molar-refractivity contribution < 1.29 is 24.9 Å². The lowest BCUT2D eigenvalue weighted by molar-refractivity contribution is 0.0394. The minimum Gasteiger partial charge on any atom is -0.508 e. The molecule has 0 saturated carbocycles. The molecule has 3 N–H and O–H groups in total. The molecular weight excluding hydrogens is 530 g/mol. The van der Waals surface area contributed by atoms with E-state index in [1.807, 2.05) is 11.0 Å². The van der Waals surface area contributed by atoms with Gasteiger partial charge in [0.05, 0.1) is 30.2 Å². The predicted molar refractivity (Wildman–Crippen MR) is 169 cm³/mol. The van der Waals surface area contributed by atoms with Gasteiger partial charge in [-0.3, -0.25) is 9.69 Å². The monoisotopic (exact) mass is 575 g/mol. The van der Waals surface area contributed by atoms with E-state index >= 15 is 0 Å². The Kier molecular flexibility index (Phi) is 10.7. The quantitative estimate of drug-likeness (QED) is 0.258. The van der Waals surface area contributed by atoms with E-state index in [4.69, 9.17) is 4.74 Å². The molecule has 2 aliphatic rings. The number of anilines is 3. The number of nitrogens with zero attached hydrogens (tertiary/aromatic N) is 3. The van der Waals surface area contributed by atoms with Crippen LogP contribution in [0.5, 0.6) is 17.2 Å². The Balaban J connectivity index is 1.62. The molecule has 2 aromatic carbocycles. The first-order valence-corrected chi connectivity index (χ1v) is 14.9. The molecule has 2 aromatic rings. The molecule has 0 spiro atoms. The zero-order valence-electron chi connectivity index (χ0n) is 25.4. The van der Waals surface area contributed by atoms with Gasteiger partial charge in [-0.05, 0) is 65.5 Å². The van der Waals surface area contributed by atoms with Gasteiger partial charge in [-0.25, -0.2) is 0 Å². The second-order valence-corrected chi connectivity index (χ2v) is 11.5. The van der Waals surface area contributed by atoms with Gasteiger partial charge >= 0.3 is 0 Å². The van der Waals surface area contributed by atoms with Gasteiger partial charge in [0, 0.05) is 44.9 Å². The smallest absolute Gasteiger partial charge is 0.260 e. The van der Waals surface area contributed by atoms with Crippen LogP contribution >= 0.6 is 0 Å². The summed E-state index contributed by atoms with van der Waals surface area (Å²) < 4.78 is 5.48. The van der Waals surface area contributed by atoms with Crippen LogP contribution in [0.15, 0.2) is 65.3 Å². The number of phenols is 3. The van der Waals surface area contributed by atoms with Crippen LogP contribution in [0.2, 0.25) is 0 Å². The number of para-hydroxylation sites is 1. The van der Waals surface area contributed by atoms with Crippen LogP contribution in [0.3, 0.4) is 0 Å². The highest BCUT2D eigenvalue weighted by Gasteiger charge is 2.35. The summed E-state index contributed by atoms with van der Waals surface area (Å²) in [7, 11) is 0. The number of benzene rings is 2. The molecule has 4 rings (SSSR count). The molecule has 1 amide bonds. The second-order valence-electron chi connectivity index (χ2n) is 11.5. The van der Waals surface area contributed by atoms with Crippen molar-refractivity contribution >= 4 is 23.0 Å². The molecule has 0 atom stereocenters. The largest absolute Gasteiger partial charge is 0.508 e. The zero-order valence-corrected chi connectivity index (χ0v) is 25.4. The molecule has 2 heterocycles. The van der Waals surface area contributed by atoms with Crippen molar-refractivity contribution in [1.82, 2.24) is 4.90 Å². The number of morpholine rings is 1. The lowest BCUT2D eigenvalue weighted by Crippen LogP contribution is -2.40. The minimum absolute atomic E-state index is 0.0402. The lowest BCUT2D eigenvalue weighted by atomic mass is 10.1. The van der Waals surface area contributed by atoms with Crippen LogP contribution in [0.1, 0.15) is 63.7 Å². The van der Waals surface area contributed by atoms with Gasteiger partial charge in [0.15, 0.2) is 0 Å². The number of ether oxygens (including phenoxy) is 1. The number of phenolic OH excluding ortho intramolecular Hbond substituents is 3. The number of hydrogen-bond acceptors (Lipinski definition) is 7. The Morgan fingerprint density at radius 1 is 0.833 bits per heavy atom. The average Bonchev–Trinajstić information content (AvgIpc) is 3.04. The number of carbonyl (C=O) groups excluding carboxylic acids is 1. The summed E-state index contributed by atoms with van der Waals surface area (Å²) in [5.74, 6) is -0.640. The molecule has 8 heteroatoms. The molecule has 2 aliphatic heterocycles. The van der Waals surface area contributed by atoms with Gasteiger partial charge in [0.1, 0.15) is 22.9 Å². The van der Waals surface area contributed by atoms with Crippen molar-refractivity contribution in [2.45, 2.75) is 53.4 Å². The third kappa shape index (κ3) is 7.75. The SMILES string of the molecule is CC(C)=CCC/C(C)=C/CC/C(C)=C/CN1C(=O)c2cccc(O)c2N(CCN2CCOCC2)c2c(O)cc(O)cc21. The van der Waals surface area contributed by atoms with Crippen molar-refractivity contribution in [2.24, 2.45) is 0 Å². The molecule has 226 valence electrons. The van der Waals surface area contributed by atoms with E-state index in [0.717, 1.165) is 44.3 Å². The number of fused-ring (bicyclic) bond motifs is 2. The Morgan fingerprint density at radius 3 is 2.24 bits per heavy atom. The van der Waals surface area contributed by atoms with E-state index < -0.39 is 0 Å². The predicted octanol–water partition coefficient (Wildman–Crippen LogP) is 6.65. The Bertz CT molecular complexity index is 1350. The van der Waals surface area contributed by atoms with Crippen LogP contribution in [0, 0.1) is 0 Å². The van der Waals surface area contributed by atoms with E-state index in [1.54, 1.807) is 23.1 Å². The third-order valence-corrected chi connectivity index (χ3v) is 7.86. The van der Waals surface area contributed by atoms with E-state index in [0.29, 0.717) is 48.9 Å². The lowest BCUT2D eigenvalue weighted by Gasteiger charge is -2.32. The standard InChI is InChI=1S/C34H45N3O5/c1-24(2)8-5-9-25(3)10-6-11-26(4)14-15-36-29-22-27(38)23-31(40)33(29)37(17-16-35-18-20-42-21-19-35)32-28(34(36)41)12-7-13-30(32)39/h7-8,10,12-14,22-23,38-40H,5-6,9,11,15-21H2,1-4H3/b25-10+,26-14+. The van der Waals surface area contributed by atoms with Crippen molar-refractivity contribution in [3.05, 3.63) is 70.8 Å². The maximum atomic E-state index is 14.0. The molecule has 0 aliphatic carbocycles. The van der Waals surface area contributed by atoms with Crippen LogP contribution in [-0.2, 0) is 4.74 Å². The molecule has 0 radical (unpaired) electrons. The molecule has 0 unspecified atom stereocenters. The Labute approximate surface area is 249 Å². The van der Waals surface area contributed by atoms with Gasteiger partial charge in [0.2, 0.25) is 0 Å². The normalized spacial score (nSPS) is 16.2. The maximum absolute atomic E-state index is 14.0. The molecule has 8 nitrogen and oxygen atoms in total. The molecule has 42 heavy (non-hydrogen) atoms. The summed E-state index contributed by atoms with van der Waals surface area (Å²) in [4.78, 5) is 19.7. The fraction of sp³-hybridized carbons (Fsp3) is 0.441. The summed E-state index contributed by atoms with van der Waals surface area (Å²) in [6.45, 7) is 12.7.